The van der Waals surface area contributed by atoms with E-state index in [0.717, 1.165) is 22.4 Å². The van der Waals surface area contributed by atoms with Crippen molar-refractivity contribution in [2.75, 3.05) is 13.7 Å². The quantitative estimate of drug-likeness (QED) is 0.722. The van der Waals surface area contributed by atoms with E-state index in [0.29, 0.717) is 19.5 Å². The molecule has 0 saturated carbocycles. The van der Waals surface area contributed by atoms with E-state index in [-0.39, 0.29) is 18.2 Å². The zero-order chi connectivity index (χ0) is 20.5. The first-order valence-electron chi connectivity index (χ1n) is 9.74. The molecule has 1 atom stereocenters. The number of nitrogens with zero attached hydrogens (tertiary/aromatic N) is 1. The number of nitrogens with one attached hydrogen (secondary N) is 1. The molecule has 0 fully saturated rings. The maximum Gasteiger partial charge on any atom is 0.242 e. The van der Waals surface area contributed by atoms with Crippen molar-refractivity contribution in [1.82, 2.24) is 10.2 Å². The van der Waals surface area contributed by atoms with Crippen LogP contribution < -0.4 is 10.1 Å². The molecule has 1 N–H and O–H groups in total. The zero-order valence-electron chi connectivity index (χ0n) is 17.2. The van der Waals surface area contributed by atoms with Crippen molar-refractivity contribution in [3.63, 3.8) is 0 Å². The average molecular weight is 383 g/mol. The van der Waals surface area contributed by atoms with Crippen LogP contribution in [0.3, 0.4) is 0 Å². The van der Waals surface area contributed by atoms with Crippen molar-refractivity contribution in [2.45, 2.75) is 46.2 Å². The molecule has 0 heterocycles. The topological polar surface area (TPSA) is 58.6 Å². The second kappa shape index (κ2) is 10.5. The second-order valence-corrected chi connectivity index (χ2v) is 6.79. The predicted molar refractivity (Wildman–Crippen MR) is 111 cm³/mol. The third-order valence-corrected chi connectivity index (χ3v) is 4.85. The number of rotatable bonds is 9. The van der Waals surface area contributed by atoms with Crippen LogP contribution in [0.5, 0.6) is 5.75 Å². The number of benzene rings is 2. The third-order valence-electron chi connectivity index (χ3n) is 4.85. The molecular weight excluding hydrogens is 352 g/mol. The first kappa shape index (κ1) is 21.5. The van der Waals surface area contributed by atoms with Crippen LogP contribution in [0.1, 0.15) is 37.0 Å². The normalized spacial score (nSPS) is 11.6. The Morgan fingerprint density at radius 3 is 2.32 bits per heavy atom. The van der Waals surface area contributed by atoms with Crippen LogP contribution >= 0.6 is 0 Å². The number of methoxy groups -OCH3 is 1. The SMILES string of the molecule is CCNC(=O)C(CC)N(Cc1ccc(OC)cc1)C(=O)Cc1ccccc1C. The highest BCUT2D eigenvalue weighted by Gasteiger charge is 2.28. The Kier molecular flexibility index (Phi) is 8.05. The molecule has 0 saturated heterocycles. The van der Waals surface area contributed by atoms with Gasteiger partial charge < -0.3 is 15.0 Å². The summed E-state index contributed by atoms with van der Waals surface area (Å²) in [6.45, 7) is 6.73. The van der Waals surface area contributed by atoms with Crippen molar-refractivity contribution in [1.29, 1.82) is 0 Å². The van der Waals surface area contributed by atoms with Crippen molar-refractivity contribution >= 4 is 11.8 Å². The Balaban J connectivity index is 2.29. The Morgan fingerprint density at radius 1 is 1.07 bits per heavy atom. The molecule has 5 nitrogen and oxygen atoms in total. The number of carbonyl (C=O) groups excluding carboxylic acids is 2. The van der Waals surface area contributed by atoms with Crippen LogP contribution in [0, 0.1) is 6.92 Å². The first-order chi connectivity index (χ1) is 13.5. The van der Waals surface area contributed by atoms with Gasteiger partial charge in [0.15, 0.2) is 0 Å². The molecule has 0 aliphatic heterocycles. The average Bonchev–Trinajstić information content (AvgIpc) is 2.70. The molecule has 0 aliphatic rings. The molecule has 2 amide bonds. The molecule has 0 aliphatic carbocycles. The lowest BCUT2D eigenvalue weighted by atomic mass is 10.0. The number of carbonyl (C=O) groups is 2. The van der Waals surface area contributed by atoms with Gasteiger partial charge in [0.2, 0.25) is 11.8 Å². The van der Waals surface area contributed by atoms with Gasteiger partial charge in [0.1, 0.15) is 11.8 Å². The van der Waals surface area contributed by atoms with Gasteiger partial charge in [-0.1, -0.05) is 43.3 Å². The van der Waals surface area contributed by atoms with Crippen LogP contribution in [0.4, 0.5) is 0 Å². The fourth-order valence-electron chi connectivity index (χ4n) is 3.21. The van der Waals surface area contributed by atoms with Crippen molar-refractivity contribution in [3.05, 3.63) is 65.2 Å². The van der Waals surface area contributed by atoms with E-state index < -0.39 is 6.04 Å². The second-order valence-electron chi connectivity index (χ2n) is 6.79. The van der Waals surface area contributed by atoms with Crippen LogP contribution in [0.15, 0.2) is 48.5 Å². The minimum atomic E-state index is -0.501. The Morgan fingerprint density at radius 2 is 1.75 bits per heavy atom. The molecule has 0 spiro atoms. The summed E-state index contributed by atoms with van der Waals surface area (Å²) >= 11 is 0. The minimum Gasteiger partial charge on any atom is -0.497 e. The van der Waals surface area contributed by atoms with Gasteiger partial charge in [0.05, 0.1) is 13.5 Å². The highest BCUT2D eigenvalue weighted by atomic mass is 16.5. The number of aryl methyl sites for hydroxylation is 1. The van der Waals surface area contributed by atoms with E-state index in [1.54, 1.807) is 12.0 Å². The Labute approximate surface area is 167 Å². The maximum absolute atomic E-state index is 13.2. The molecule has 2 aromatic carbocycles. The molecular formula is C23H30N2O3. The summed E-state index contributed by atoms with van der Waals surface area (Å²) in [7, 11) is 1.62. The Hall–Kier alpha value is -2.82. The number of likely N-dealkylation sites (N-methyl/N-ethyl adjacent to an activating group) is 1. The van der Waals surface area contributed by atoms with Crippen LogP contribution in [-0.4, -0.2) is 36.4 Å². The first-order valence-corrected chi connectivity index (χ1v) is 9.74. The molecule has 1 unspecified atom stereocenters. The summed E-state index contributed by atoms with van der Waals surface area (Å²) in [5, 5.41) is 2.86. The van der Waals surface area contributed by atoms with Gasteiger partial charge in [-0.15, -0.1) is 0 Å². The Bertz CT molecular complexity index is 787. The van der Waals surface area contributed by atoms with Gasteiger partial charge in [-0.25, -0.2) is 0 Å². The number of hydrogen-bond acceptors (Lipinski definition) is 3. The van der Waals surface area contributed by atoms with Gasteiger partial charge in [-0.2, -0.15) is 0 Å². The summed E-state index contributed by atoms with van der Waals surface area (Å²) in [6.07, 6.45) is 0.834. The maximum atomic E-state index is 13.2. The van der Waals surface area contributed by atoms with Gasteiger partial charge in [-0.3, -0.25) is 9.59 Å². The molecule has 0 aromatic heterocycles. The van der Waals surface area contributed by atoms with E-state index in [4.69, 9.17) is 4.74 Å². The van der Waals surface area contributed by atoms with Crippen LogP contribution in [0.2, 0.25) is 0 Å². The number of ether oxygens (including phenoxy) is 1. The largest absolute Gasteiger partial charge is 0.497 e. The lowest BCUT2D eigenvalue weighted by molar-refractivity contribution is -0.140. The molecule has 5 heteroatoms. The number of hydrogen-bond donors (Lipinski definition) is 1. The van der Waals surface area contributed by atoms with Gasteiger partial charge in [0.25, 0.3) is 0 Å². The minimum absolute atomic E-state index is 0.0526. The molecule has 2 rings (SSSR count). The monoisotopic (exact) mass is 382 g/mol. The third kappa shape index (κ3) is 5.59. The molecule has 28 heavy (non-hydrogen) atoms. The van der Waals surface area contributed by atoms with Crippen molar-refractivity contribution in [2.24, 2.45) is 0 Å². The van der Waals surface area contributed by atoms with E-state index in [9.17, 15) is 9.59 Å². The van der Waals surface area contributed by atoms with E-state index in [1.165, 1.54) is 0 Å². The predicted octanol–water partition coefficient (Wildman–Crippen LogP) is 3.49. The summed E-state index contributed by atoms with van der Waals surface area (Å²) in [5.74, 6) is 0.595. The smallest absolute Gasteiger partial charge is 0.242 e. The molecule has 0 bridgehead atoms. The molecule has 150 valence electrons. The van der Waals surface area contributed by atoms with E-state index >= 15 is 0 Å². The fourth-order valence-corrected chi connectivity index (χ4v) is 3.21. The number of amides is 2. The van der Waals surface area contributed by atoms with Gasteiger partial charge in [0, 0.05) is 13.1 Å². The van der Waals surface area contributed by atoms with E-state index in [1.807, 2.05) is 69.3 Å². The van der Waals surface area contributed by atoms with Gasteiger partial charge >= 0.3 is 0 Å². The molecule has 2 aromatic rings. The standard InChI is InChI=1S/C23H30N2O3/c1-5-21(23(27)24-6-2)25(16-18-11-13-20(28-4)14-12-18)22(26)15-19-10-8-7-9-17(19)3/h7-14,21H,5-6,15-16H2,1-4H3,(H,24,27). The van der Waals surface area contributed by atoms with Gasteiger partial charge in [-0.05, 0) is 49.1 Å². The molecule has 0 radical (unpaired) electrons. The summed E-state index contributed by atoms with van der Waals surface area (Å²) in [4.78, 5) is 27.5. The lowest BCUT2D eigenvalue weighted by Gasteiger charge is -2.31. The highest BCUT2D eigenvalue weighted by molar-refractivity contribution is 5.88. The fraction of sp³-hybridized carbons (Fsp3) is 0.391. The van der Waals surface area contributed by atoms with Crippen molar-refractivity contribution in [3.8, 4) is 5.75 Å². The summed E-state index contributed by atoms with van der Waals surface area (Å²) in [6, 6.07) is 14.9. The van der Waals surface area contributed by atoms with Crippen molar-refractivity contribution < 1.29 is 14.3 Å². The van der Waals surface area contributed by atoms with Crippen LogP contribution in [-0.2, 0) is 22.6 Å². The summed E-state index contributed by atoms with van der Waals surface area (Å²) in [5.41, 5.74) is 3.02. The zero-order valence-corrected chi connectivity index (χ0v) is 17.2. The lowest BCUT2D eigenvalue weighted by Crippen LogP contribution is -2.49. The van der Waals surface area contributed by atoms with Crippen LogP contribution in [0.25, 0.3) is 0 Å². The van der Waals surface area contributed by atoms with E-state index in [2.05, 4.69) is 5.32 Å². The summed E-state index contributed by atoms with van der Waals surface area (Å²) < 4.78 is 5.21. The highest BCUT2D eigenvalue weighted by Crippen LogP contribution is 2.18.